The summed E-state index contributed by atoms with van der Waals surface area (Å²) < 4.78 is 2.21. The van der Waals surface area contributed by atoms with E-state index in [1.54, 1.807) is 6.07 Å². The molecule has 1 aliphatic rings. The number of H-pyrrole nitrogens is 1. The van der Waals surface area contributed by atoms with Crippen molar-refractivity contribution in [3.8, 4) is 0 Å². The van der Waals surface area contributed by atoms with E-state index < -0.39 is 0 Å². The highest BCUT2D eigenvalue weighted by molar-refractivity contribution is 5.94. The van der Waals surface area contributed by atoms with Crippen molar-refractivity contribution < 1.29 is 4.79 Å². The van der Waals surface area contributed by atoms with Crippen LogP contribution in [0.2, 0.25) is 0 Å². The number of carbonyl (C=O) groups excluding carboxylic acids is 1. The van der Waals surface area contributed by atoms with Gasteiger partial charge in [0, 0.05) is 43.6 Å². The fourth-order valence-electron chi connectivity index (χ4n) is 3.63. The summed E-state index contributed by atoms with van der Waals surface area (Å²) in [7, 11) is 0. The summed E-state index contributed by atoms with van der Waals surface area (Å²) in [5.41, 5.74) is 1.67. The van der Waals surface area contributed by atoms with E-state index >= 15 is 0 Å². The lowest BCUT2D eigenvalue weighted by Crippen LogP contribution is -2.41. The second kappa shape index (κ2) is 7.89. The van der Waals surface area contributed by atoms with Gasteiger partial charge in [0.15, 0.2) is 0 Å². The van der Waals surface area contributed by atoms with Gasteiger partial charge in [-0.2, -0.15) is 0 Å². The number of aryl methyl sites for hydroxylation is 3. The minimum absolute atomic E-state index is 0.175. The van der Waals surface area contributed by atoms with Crippen molar-refractivity contribution >= 4 is 5.91 Å². The summed E-state index contributed by atoms with van der Waals surface area (Å²) in [6.45, 7) is 8.21. The number of nitrogens with one attached hydrogen (secondary N) is 1. The fraction of sp³-hybridized carbons (Fsp3) is 0.550. The number of amides is 1. The smallest absolute Gasteiger partial charge is 0.261 e. The van der Waals surface area contributed by atoms with E-state index in [-0.39, 0.29) is 22.9 Å². The summed E-state index contributed by atoms with van der Waals surface area (Å²) in [6, 6.07) is 1.71. The highest BCUT2D eigenvalue weighted by Gasteiger charge is 2.29. The van der Waals surface area contributed by atoms with E-state index in [2.05, 4.69) is 21.5 Å². The van der Waals surface area contributed by atoms with Crippen molar-refractivity contribution in [3.05, 3.63) is 51.5 Å². The van der Waals surface area contributed by atoms with Crippen molar-refractivity contribution in [3.63, 3.8) is 0 Å². The lowest BCUT2D eigenvalue weighted by molar-refractivity contribution is 0.0701. The molecule has 3 rings (SSSR count). The molecule has 1 amide bonds. The second-order valence-corrected chi connectivity index (χ2v) is 7.24. The molecular formula is C20H28N4O2. The Bertz CT molecular complexity index is 837. The van der Waals surface area contributed by atoms with Crippen LogP contribution in [0.15, 0.2) is 23.3 Å². The summed E-state index contributed by atoms with van der Waals surface area (Å²) in [4.78, 5) is 34.3. The molecule has 0 spiro atoms. The lowest BCUT2D eigenvalue weighted by Gasteiger charge is -2.32. The predicted molar refractivity (Wildman–Crippen MR) is 102 cm³/mol. The van der Waals surface area contributed by atoms with Crippen LogP contribution < -0.4 is 5.56 Å². The molecule has 2 aromatic heterocycles. The molecule has 0 bridgehead atoms. The third kappa shape index (κ3) is 3.74. The molecule has 1 fully saturated rings. The number of aromatic amines is 1. The van der Waals surface area contributed by atoms with Crippen LogP contribution in [0.25, 0.3) is 0 Å². The Morgan fingerprint density at radius 2 is 2.19 bits per heavy atom. The van der Waals surface area contributed by atoms with Crippen molar-refractivity contribution in [2.75, 3.05) is 13.1 Å². The Labute approximate surface area is 154 Å². The first-order chi connectivity index (χ1) is 12.5. The van der Waals surface area contributed by atoms with Gasteiger partial charge in [-0.1, -0.05) is 13.3 Å². The zero-order valence-corrected chi connectivity index (χ0v) is 15.9. The highest BCUT2D eigenvalue weighted by Crippen LogP contribution is 2.27. The molecule has 1 N–H and O–H groups in total. The predicted octanol–water partition coefficient (Wildman–Crippen LogP) is 3.01. The fourth-order valence-corrected chi connectivity index (χ4v) is 3.63. The molecule has 0 aliphatic carbocycles. The van der Waals surface area contributed by atoms with E-state index in [4.69, 9.17) is 0 Å². The maximum absolute atomic E-state index is 12.9. The number of hydrogen-bond donors (Lipinski definition) is 1. The van der Waals surface area contributed by atoms with Gasteiger partial charge < -0.3 is 14.5 Å². The number of rotatable bonds is 5. The normalized spacial score (nSPS) is 17.5. The van der Waals surface area contributed by atoms with Crippen LogP contribution in [0.5, 0.6) is 0 Å². The minimum Gasteiger partial charge on any atom is -0.338 e. The third-order valence-corrected chi connectivity index (χ3v) is 5.30. The molecule has 1 saturated heterocycles. The van der Waals surface area contributed by atoms with E-state index in [9.17, 15) is 9.59 Å². The van der Waals surface area contributed by atoms with Crippen molar-refractivity contribution in [2.24, 2.45) is 0 Å². The summed E-state index contributed by atoms with van der Waals surface area (Å²) in [5.74, 6) is 1.11. The van der Waals surface area contributed by atoms with Gasteiger partial charge in [0.2, 0.25) is 0 Å². The number of imidazole rings is 1. The van der Waals surface area contributed by atoms with Gasteiger partial charge in [0.1, 0.15) is 11.4 Å². The molecule has 6 heteroatoms. The average molecular weight is 356 g/mol. The topological polar surface area (TPSA) is 71.0 Å². The Kier molecular flexibility index (Phi) is 5.59. The summed E-state index contributed by atoms with van der Waals surface area (Å²) in [6.07, 6.45) is 8.09. The van der Waals surface area contributed by atoms with E-state index in [0.717, 1.165) is 49.3 Å². The van der Waals surface area contributed by atoms with Crippen molar-refractivity contribution in [1.82, 2.24) is 19.4 Å². The number of piperidine rings is 1. The van der Waals surface area contributed by atoms with Crippen LogP contribution in [-0.2, 0) is 6.54 Å². The van der Waals surface area contributed by atoms with Gasteiger partial charge >= 0.3 is 0 Å². The molecule has 1 aliphatic heterocycles. The Morgan fingerprint density at radius 1 is 1.38 bits per heavy atom. The Hall–Kier alpha value is -2.37. The number of aromatic nitrogens is 3. The molecule has 0 saturated carbocycles. The maximum Gasteiger partial charge on any atom is 0.261 e. The largest absolute Gasteiger partial charge is 0.338 e. The highest BCUT2D eigenvalue weighted by atomic mass is 16.2. The number of pyridine rings is 1. The molecule has 0 radical (unpaired) electrons. The molecule has 3 heterocycles. The molecule has 0 aromatic carbocycles. The van der Waals surface area contributed by atoms with Crippen LogP contribution in [0, 0.1) is 13.8 Å². The number of hydrogen-bond acceptors (Lipinski definition) is 3. The molecule has 2 aromatic rings. The molecular weight excluding hydrogens is 328 g/mol. The zero-order valence-electron chi connectivity index (χ0n) is 15.9. The minimum atomic E-state index is -0.301. The van der Waals surface area contributed by atoms with E-state index in [1.807, 2.05) is 31.1 Å². The molecule has 6 nitrogen and oxygen atoms in total. The molecule has 140 valence electrons. The molecule has 26 heavy (non-hydrogen) atoms. The zero-order chi connectivity index (χ0) is 18.7. The monoisotopic (exact) mass is 356 g/mol. The van der Waals surface area contributed by atoms with Gasteiger partial charge in [-0.25, -0.2) is 4.98 Å². The van der Waals surface area contributed by atoms with Crippen molar-refractivity contribution in [1.29, 1.82) is 0 Å². The first-order valence-electron chi connectivity index (χ1n) is 9.52. The van der Waals surface area contributed by atoms with E-state index in [0.29, 0.717) is 13.1 Å². The SMILES string of the molecule is CCCCn1ccnc1[C@@H]1CCCN(C(=O)c2cc(C)c(C)[nH]c2=O)C1. The number of carbonyl (C=O) groups is 1. The quantitative estimate of drug-likeness (QED) is 0.895. The number of unbranched alkanes of at least 4 members (excludes halogenated alkanes) is 1. The molecule has 0 unspecified atom stereocenters. The van der Waals surface area contributed by atoms with Gasteiger partial charge in [-0.05, 0) is 44.7 Å². The molecule has 1 atom stereocenters. The van der Waals surface area contributed by atoms with Crippen LogP contribution >= 0.6 is 0 Å². The van der Waals surface area contributed by atoms with Crippen LogP contribution in [0.3, 0.4) is 0 Å². The van der Waals surface area contributed by atoms with Crippen LogP contribution in [0.1, 0.15) is 66.0 Å². The lowest BCUT2D eigenvalue weighted by atomic mass is 9.96. The van der Waals surface area contributed by atoms with Gasteiger partial charge in [0.25, 0.3) is 11.5 Å². The summed E-state index contributed by atoms with van der Waals surface area (Å²) >= 11 is 0. The third-order valence-electron chi connectivity index (χ3n) is 5.30. The second-order valence-electron chi connectivity index (χ2n) is 7.24. The Balaban J connectivity index is 1.79. The van der Waals surface area contributed by atoms with Crippen LogP contribution in [-0.4, -0.2) is 38.4 Å². The van der Waals surface area contributed by atoms with Gasteiger partial charge in [0.05, 0.1) is 0 Å². The van der Waals surface area contributed by atoms with Crippen LogP contribution in [0.4, 0.5) is 0 Å². The van der Waals surface area contributed by atoms with E-state index in [1.165, 1.54) is 0 Å². The maximum atomic E-state index is 12.9. The van der Waals surface area contributed by atoms with Gasteiger partial charge in [-0.15, -0.1) is 0 Å². The number of likely N-dealkylation sites (tertiary alicyclic amines) is 1. The number of nitrogens with zero attached hydrogens (tertiary/aromatic N) is 3. The standard InChI is InChI=1S/C20H28N4O2/c1-4-5-9-23-11-8-21-18(23)16-7-6-10-24(13-16)20(26)17-12-14(2)15(3)22-19(17)25/h8,11-12,16H,4-7,9-10,13H2,1-3H3,(H,22,25)/t16-/m1/s1. The Morgan fingerprint density at radius 3 is 2.96 bits per heavy atom. The van der Waals surface area contributed by atoms with Crippen molar-refractivity contribution in [2.45, 2.75) is 58.9 Å². The van der Waals surface area contributed by atoms with Gasteiger partial charge in [-0.3, -0.25) is 9.59 Å². The first kappa shape index (κ1) is 18.4. The summed E-state index contributed by atoms with van der Waals surface area (Å²) in [5, 5.41) is 0. The average Bonchev–Trinajstić information content (AvgIpc) is 3.11. The first-order valence-corrected chi connectivity index (χ1v) is 9.52.